The topological polar surface area (TPSA) is 58.0 Å². The average molecular weight is 271 g/mol. The number of aromatic nitrogens is 2. The molecule has 0 amide bonds. The van der Waals surface area contributed by atoms with Crippen LogP contribution in [-0.4, -0.2) is 27.7 Å². The van der Waals surface area contributed by atoms with Crippen molar-refractivity contribution in [3.63, 3.8) is 0 Å². The first-order valence-corrected chi connectivity index (χ1v) is 5.64. The SMILES string of the molecule is CC(O)CNc1nc(C(F)(F)F)nc2ccccc12. The monoisotopic (exact) mass is 271 g/mol. The van der Waals surface area contributed by atoms with Gasteiger partial charge in [0.1, 0.15) is 5.82 Å². The van der Waals surface area contributed by atoms with E-state index in [1.807, 2.05) is 0 Å². The van der Waals surface area contributed by atoms with Gasteiger partial charge in [0.15, 0.2) is 0 Å². The fraction of sp³-hybridized carbons (Fsp3) is 0.333. The summed E-state index contributed by atoms with van der Waals surface area (Å²) in [5, 5.41) is 12.4. The lowest BCUT2D eigenvalue weighted by atomic mass is 10.2. The minimum absolute atomic E-state index is 0.0684. The molecule has 0 aliphatic carbocycles. The quantitative estimate of drug-likeness (QED) is 0.900. The van der Waals surface area contributed by atoms with Gasteiger partial charge >= 0.3 is 6.18 Å². The van der Waals surface area contributed by atoms with E-state index in [1.54, 1.807) is 18.2 Å². The lowest BCUT2D eigenvalue weighted by Crippen LogP contribution is -2.18. The minimum atomic E-state index is -4.61. The van der Waals surface area contributed by atoms with Crippen LogP contribution in [0.25, 0.3) is 10.9 Å². The van der Waals surface area contributed by atoms with Crippen LogP contribution in [0.1, 0.15) is 12.7 Å². The van der Waals surface area contributed by atoms with Crippen molar-refractivity contribution in [3.8, 4) is 0 Å². The van der Waals surface area contributed by atoms with Crippen molar-refractivity contribution in [1.29, 1.82) is 0 Å². The third kappa shape index (κ3) is 3.11. The van der Waals surface area contributed by atoms with Crippen LogP contribution in [0, 0.1) is 0 Å². The maximum atomic E-state index is 12.7. The second-order valence-electron chi connectivity index (χ2n) is 4.14. The van der Waals surface area contributed by atoms with Gasteiger partial charge in [-0.3, -0.25) is 0 Å². The number of nitrogens with one attached hydrogen (secondary N) is 1. The Labute approximate surface area is 107 Å². The van der Waals surface area contributed by atoms with Crippen molar-refractivity contribution in [2.45, 2.75) is 19.2 Å². The van der Waals surface area contributed by atoms with Gasteiger partial charge in [-0.15, -0.1) is 0 Å². The van der Waals surface area contributed by atoms with Crippen LogP contribution < -0.4 is 5.32 Å². The molecular weight excluding hydrogens is 259 g/mol. The molecule has 1 unspecified atom stereocenters. The van der Waals surface area contributed by atoms with Gasteiger partial charge in [0.2, 0.25) is 5.82 Å². The van der Waals surface area contributed by atoms with Crippen LogP contribution in [0.3, 0.4) is 0 Å². The Bertz CT molecular complexity index is 584. The number of rotatable bonds is 3. The Morgan fingerprint density at radius 3 is 2.58 bits per heavy atom. The van der Waals surface area contributed by atoms with Crippen LogP contribution >= 0.6 is 0 Å². The van der Waals surface area contributed by atoms with Crippen LogP contribution in [0.2, 0.25) is 0 Å². The van der Waals surface area contributed by atoms with Crippen LogP contribution in [-0.2, 0) is 6.18 Å². The zero-order valence-electron chi connectivity index (χ0n) is 10.1. The fourth-order valence-corrected chi connectivity index (χ4v) is 1.58. The van der Waals surface area contributed by atoms with Crippen molar-refractivity contribution in [3.05, 3.63) is 30.1 Å². The second kappa shape index (κ2) is 5.00. The van der Waals surface area contributed by atoms with Gasteiger partial charge in [0.05, 0.1) is 11.6 Å². The molecule has 102 valence electrons. The molecule has 1 atom stereocenters. The molecule has 2 rings (SSSR count). The summed E-state index contributed by atoms with van der Waals surface area (Å²) in [7, 11) is 0. The van der Waals surface area contributed by atoms with E-state index < -0.39 is 18.1 Å². The van der Waals surface area contributed by atoms with Gasteiger partial charge < -0.3 is 10.4 Å². The lowest BCUT2D eigenvalue weighted by molar-refractivity contribution is -0.144. The number of halogens is 3. The standard InChI is InChI=1S/C12H12F3N3O/c1-7(19)6-16-10-8-4-2-3-5-9(8)17-11(18-10)12(13,14)15/h2-5,7,19H,6H2,1H3,(H,16,17,18). The largest absolute Gasteiger partial charge is 0.451 e. The molecule has 2 N–H and O–H groups in total. The minimum Gasteiger partial charge on any atom is -0.392 e. The molecule has 2 aromatic rings. The van der Waals surface area contributed by atoms with Gasteiger partial charge in [-0.2, -0.15) is 13.2 Å². The highest BCUT2D eigenvalue weighted by Crippen LogP contribution is 2.30. The molecule has 7 heteroatoms. The molecule has 0 spiro atoms. The molecule has 0 radical (unpaired) electrons. The highest BCUT2D eigenvalue weighted by atomic mass is 19.4. The number of alkyl halides is 3. The first-order valence-electron chi connectivity index (χ1n) is 5.64. The molecule has 0 aliphatic heterocycles. The zero-order valence-corrected chi connectivity index (χ0v) is 10.1. The number of hydrogen-bond donors (Lipinski definition) is 2. The Balaban J connectivity index is 2.52. The lowest BCUT2D eigenvalue weighted by Gasteiger charge is -2.13. The van der Waals surface area contributed by atoms with Crippen molar-refractivity contribution in [2.24, 2.45) is 0 Å². The number of aliphatic hydroxyl groups excluding tert-OH is 1. The summed E-state index contributed by atoms with van der Waals surface area (Å²) < 4.78 is 38.1. The fourth-order valence-electron chi connectivity index (χ4n) is 1.58. The molecule has 0 fully saturated rings. The molecule has 0 saturated heterocycles. The van der Waals surface area contributed by atoms with E-state index in [1.165, 1.54) is 13.0 Å². The number of benzene rings is 1. The van der Waals surface area contributed by atoms with Gasteiger partial charge in [0.25, 0.3) is 0 Å². The molecule has 4 nitrogen and oxygen atoms in total. The molecule has 1 aromatic carbocycles. The summed E-state index contributed by atoms with van der Waals surface area (Å²) in [5.74, 6) is -1.13. The summed E-state index contributed by atoms with van der Waals surface area (Å²) in [6, 6.07) is 6.40. The van der Waals surface area contributed by atoms with Crippen LogP contribution in [0.15, 0.2) is 24.3 Å². The summed E-state index contributed by atoms with van der Waals surface area (Å²) >= 11 is 0. The first kappa shape index (κ1) is 13.5. The Morgan fingerprint density at radius 1 is 1.26 bits per heavy atom. The van der Waals surface area contributed by atoms with Crippen molar-refractivity contribution >= 4 is 16.7 Å². The maximum absolute atomic E-state index is 12.7. The van der Waals surface area contributed by atoms with Gasteiger partial charge in [-0.1, -0.05) is 12.1 Å². The van der Waals surface area contributed by atoms with Gasteiger partial charge in [0, 0.05) is 11.9 Å². The Kier molecular flexibility index (Phi) is 3.57. The first-order chi connectivity index (χ1) is 8.88. The van der Waals surface area contributed by atoms with E-state index in [2.05, 4.69) is 15.3 Å². The number of hydrogen-bond acceptors (Lipinski definition) is 4. The number of nitrogens with zero attached hydrogens (tertiary/aromatic N) is 2. The van der Waals surface area contributed by atoms with Gasteiger partial charge in [-0.25, -0.2) is 9.97 Å². The summed E-state index contributed by atoms with van der Waals surface area (Å²) in [5.41, 5.74) is 0.206. The zero-order chi connectivity index (χ0) is 14.0. The predicted molar refractivity (Wildman–Crippen MR) is 64.7 cm³/mol. The molecule has 0 bridgehead atoms. The van der Waals surface area contributed by atoms with E-state index in [0.717, 1.165) is 0 Å². The van der Waals surface area contributed by atoms with Crippen molar-refractivity contribution in [1.82, 2.24) is 9.97 Å². The molecule has 19 heavy (non-hydrogen) atoms. The van der Waals surface area contributed by atoms with Crippen LogP contribution in [0.5, 0.6) is 0 Å². The average Bonchev–Trinajstić information content (AvgIpc) is 2.34. The van der Waals surface area contributed by atoms with E-state index >= 15 is 0 Å². The number of anilines is 1. The smallest absolute Gasteiger partial charge is 0.392 e. The summed E-state index contributed by atoms with van der Waals surface area (Å²) in [4.78, 5) is 6.98. The maximum Gasteiger partial charge on any atom is 0.451 e. The summed E-state index contributed by atoms with van der Waals surface area (Å²) in [6.45, 7) is 1.64. The molecule has 0 saturated carbocycles. The second-order valence-corrected chi connectivity index (χ2v) is 4.14. The van der Waals surface area contributed by atoms with Gasteiger partial charge in [-0.05, 0) is 19.1 Å². The molecule has 1 heterocycles. The van der Waals surface area contributed by atoms with E-state index in [0.29, 0.717) is 5.39 Å². The Hall–Kier alpha value is -1.89. The number of para-hydroxylation sites is 1. The number of aliphatic hydroxyl groups is 1. The number of fused-ring (bicyclic) bond motifs is 1. The van der Waals surface area contributed by atoms with E-state index in [-0.39, 0.29) is 17.9 Å². The summed E-state index contributed by atoms with van der Waals surface area (Å²) in [6.07, 6.45) is -5.30. The molecule has 1 aromatic heterocycles. The molecular formula is C12H12F3N3O. The van der Waals surface area contributed by atoms with Crippen molar-refractivity contribution < 1.29 is 18.3 Å². The van der Waals surface area contributed by atoms with Crippen molar-refractivity contribution in [2.75, 3.05) is 11.9 Å². The third-order valence-corrected chi connectivity index (χ3v) is 2.42. The third-order valence-electron chi connectivity index (χ3n) is 2.42. The predicted octanol–water partition coefficient (Wildman–Crippen LogP) is 2.44. The Morgan fingerprint density at radius 2 is 1.95 bits per heavy atom. The highest BCUT2D eigenvalue weighted by Gasteiger charge is 2.35. The van der Waals surface area contributed by atoms with Crippen LogP contribution in [0.4, 0.5) is 19.0 Å². The van der Waals surface area contributed by atoms with E-state index in [9.17, 15) is 18.3 Å². The molecule has 0 aliphatic rings. The highest BCUT2D eigenvalue weighted by molar-refractivity contribution is 5.89. The normalized spacial score (nSPS) is 13.5. The van der Waals surface area contributed by atoms with E-state index in [4.69, 9.17) is 0 Å².